The molecule has 2 N–H and O–H groups in total. The average molecular weight is 634 g/mol. The zero-order valence-corrected chi connectivity index (χ0v) is 23.6. The second-order valence-corrected chi connectivity index (χ2v) is 10.7. The van der Waals surface area contributed by atoms with Gasteiger partial charge in [-0.1, -0.05) is 55.8 Å². The van der Waals surface area contributed by atoms with Crippen molar-refractivity contribution in [3.05, 3.63) is 68.0 Å². The van der Waals surface area contributed by atoms with Gasteiger partial charge in [0, 0.05) is 17.2 Å². The Hall–Kier alpha value is -1.59. The van der Waals surface area contributed by atoms with E-state index in [0.29, 0.717) is 38.4 Å². The van der Waals surface area contributed by atoms with Gasteiger partial charge in [0.25, 0.3) is 0 Å². The van der Waals surface area contributed by atoms with Gasteiger partial charge in [0.2, 0.25) is 0 Å². The highest BCUT2D eigenvalue weighted by molar-refractivity contribution is 14.1. The van der Waals surface area contributed by atoms with E-state index in [4.69, 9.17) is 32.7 Å². The summed E-state index contributed by atoms with van der Waals surface area (Å²) in [5, 5.41) is 28.2. The summed E-state index contributed by atoms with van der Waals surface area (Å²) in [6.07, 6.45) is -0.802. The summed E-state index contributed by atoms with van der Waals surface area (Å²) in [4.78, 5) is 0. The highest BCUT2D eigenvalue weighted by Gasteiger charge is 2.24. The molecule has 3 aromatic rings. The van der Waals surface area contributed by atoms with Gasteiger partial charge in [-0.05, 0) is 58.0 Å². The number of aromatic nitrogens is 3. The van der Waals surface area contributed by atoms with Crippen LogP contribution in [0.2, 0.25) is 5.02 Å². The maximum atomic E-state index is 10.3. The molecule has 0 aliphatic carbocycles. The first kappa shape index (κ1) is 28.0. The van der Waals surface area contributed by atoms with Crippen LogP contribution in [-0.4, -0.2) is 50.4 Å². The minimum atomic E-state index is -0.802. The van der Waals surface area contributed by atoms with Crippen LogP contribution in [0.5, 0.6) is 11.5 Å². The second kappa shape index (κ2) is 12.6. The molecular weight excluding hydrogens is 604 g/mol. The molecule has 0 aliphatic heterocycles. The van der Waals surface area contributed by atoms with Crippen LogP contribution in [0.25, 0.3) is 0 Å². The van der Waals surface area contributed by atoms with Crippen molar-refractivity contribution < 1.29 is 19.7 Å². The van der Waals surface area contributed by atoms with Crippen molar-refractivity contribution in [3.8, 4) is 11.5 Å². The van der Waals surface area contributed by atoms with Gasteiger partial charge in [0.05, 0.1) is 30.5 Å². The Morgan fingerprint density at radius 3 is 2.40 bits per heavy atom. The SMILES string of the molecule is C[C@H](CCl)COc1ccc(C(C)(C)c2ccc(OC[C@H](O)Cn3nnc(I)c3CO)cc2)cc1Cl. The largest absolute Gasteiger partial charge is 0.492 e. The molecule has 190 valence electrons. The maximum Gasteiger partial charge on any atom is 0.149 e. The van der Waals surface area contributed by atoms with Gasteiger partial charge < -0.3 is 19.7 Å². The molecule has 0 amide bonds. The molecule has 0 bridgehead atoms. The molecule has 35 heavy (non-hydrogen) atoms. The van der Waals surface area contributed by atoms with Crippen LogP contribution in [0.3, 0.4) is 0 Å². The highest BCUT2D eigenvalue weighted by Crippen LogP contribution is 2.36. The van der Waals surface area contributed by atoms with Crippen molar-refractivity contribution in [1.29, 1.82) is 0 Å². The molecule has 0 fully saturated rings. The first-order valence-corrected chi connectivity index (χ1v) is 13.2. The Labute approximate surface area is 229 Å². The van der Waals surface area contributed by atoms with E-state index in [0.717, 1.165) is 11.1 Å². The Balaban J connectivity index is 1.61. The standard InChI is InChI=1S/C25H30Cl2IN3O4/c1-16(11-26)14-35-23-9-6-18(10-21(23)27)25(2,3)17-4-7-20(8-5-17)34-15-19(33)12-31-22(13-32)24(28)29-30-31/h4-10,16,19,32-33H,11-15H2,1-3H3/t16-,19-/m1/s1. The van der Waals surface area contributed by atoms with Crippen LogP contribution in [0.1, 0.15) is 37.6 Å². The van der Waals surface area contributed by atoms with Gasteiger partial charge >= 0.3 is 0 Å². The van der Waals surface area contributed by atoms with Crippen molar-refractivity contribution in [2.24, 2.45) is 5.92 Å². The Bertz CT molecular complexity index is 1110. The zero-order chi connectivity index (χ0) is 25.6. The molecule has 2 atom stereocenters. The number of aliphatic hydroxyl groups is 2. The number of hydrogen-bond donors (Lipinski definition) is 2. The Kier molecular flexibility index (Phi) is 10.1. The summed E-state index contributed by atoms with van der Waals surface area (Å²) in [5.41, 5.74) is 2.43. The van der Waals surface area contributed by atoms with Gasteiger partial charge in [-0.15, -0.1) is 16.7 Å². The van der Waals surface area contributed by atoms with Crippen LogP contribution in [0.15, 0.2) is 42.5 Å². The first-order valence-electron chi connectivity index (χ1n) is 11.2. The Morgan fingerprint density at radius 2 is 1.77 bits per heavy atom. The third-order valence-electron chi connectivity index (χ3n) is 5.78. The number of aliphatic hydroxyl groups excluding tert-OH is 2. The number of ether oxygens (including phenoxy) is 2. The van der Waals surface area contributed by atoms with Gasteiger partial charge in [-0.25, -0.2) is 4.68 Å². The minimum absolute atomic E-state index is 0.0868. The molecule has 1 heterocycles. The summed E-state index contributed by atoms with van der Waals surface area (Å²) in [5.74, 6) is 2.08. The van der Waals surface area contributed by atoms with E-state index in [1.807, 2.05) is 72.0 Å². The van der Waals surface area contributed by atoms with Crippen molar-refractivity contribution >= 4 is 45.8 Å². The number of rotatable bonds is 12. The van der Waals surface area contributed by atoms with Crippen molar-refractivity contribution in [2.45, 2.75) is 45.4 Å². The van der Waals surface area contributed by atoms with E-state index in [1.165, 1.54) is 4.68 Å². The lowest BCUT2D eigenvalue weighted by Gasteiger charge is -2.27. The molecule has 10 heteroatoms. The molecular formula is C25H30Cl2IN3O4. The molecule has 0 radical (unpaired) electrons. The maximum absolute atomic E-state index is 10.3. The van der Waals surface area contributed by atoms with E-state index in [-0.39, 0.29) is 31.1 Å². The lowest BCUT2D eigenvalue weighted by molar-refractivity contribution is 0.0866. The molecule has 2 aromatic carbocycles. The van der Waals surface area contributed by atoms with Gasteiger partial charge in [-0.2, -0.15) is 0 Å². The van der Waals surface area contributed by atoms with Crippen LogP contribution in [0, 0.1) is 9.62 Å². The zero-order valence-electron chi connectivity index (χ0n) is 19.9. The van der Waals surface area contributed by atoms with E-state index in [2.05, 4.69) is 24.2 Å². The van der Waals surface area contributed by atoms with Crippen LogP contribution in [-0.2, 0) is 18.6 Å². The monoisotopic (exact) mass is 633 g/mol. The number of halogens is 3. The molecule has 0 saturated heterocycles. The predicted molar refractivity (Wildman–Crippen MR) is 146 cm³/mol. The molecule has 0 saturated carbocycles. The molecule has 0 aliphatic rings. The number of benzene rings is 2. The van der Waals surface area contributed by atoms with Gasteiger partial charge in [-0.3, -0.25) is 0 Å². The van der Waals surface area contributed by atoms with Crippen molar-refractivity contribution in [1.82, 2.24) is 15.0 Å². The summed E-state index contributed by atoms with van der Waals surface area (Å²) in [6, 6.07) is 13.6. The fourth-order valence-electron chi connectivity index (χ4n) is 3.47. The third-order valence-corrected chi connectivity index (χ3v) is 7.44. The van der Waals surface area contributed by atoms with Gasteiger partial charge in [0.1, 0.15) is 27.9 Å². The summed E-state index contributed by atoms with van der Waals surface area (Å²) in [6.45, 7) is 6.88. The number of nitrogens with zero attached hydrogens (tertiary/aromatic N) is 3. The van der Waals surface area contributed by atoms with Gasteiger partial charge in [0.15, 0.2) is 0 Å². The molecule has 3 rings (SSSR count). The molecule has 0 spiro atoms. The summed E-state index contributed by atoms with van der Waals surface area (Å²) in [7, 11) is 0. The fraction of sp³-hybridized carbons (Fsp3) is 0.440. The lowest BCUT2D eigenvalue weighted by Crippen LogP contribution is -2.25. The third kappa shape index (κ3) is 7.22. The van der Waals surface area contributed by atoms with Crippen LogP contribution in [0.4, 0.5) is 0 Å². The Morgan fingerprint density at radius 1 is 1.09 bits per heavy atom. The van der Waals surface area contributed by atoms with Crippen LogP contribution >= 0.6 is 45.8 Å². The minimum Gasteiger partial charge on any atom is -0.492 e. The van der Waals surface area contributed by atoms with E-state index < -0.39 is 6.10 Å². The van der Waals surface area contributed by atoms with E-state index in [1.54, 1.807) is 0 Å². The summed E-state index contributed by atoms with van der Waals surface area (Å²) >= 11 is 14.3. The van der Waals surface area contributed by atoms with E-state index in [9.17, 15) is 10.2 Å². The van der Waals surface area contributed by atoms with Crippen LogP contribution < -0.4 is 9.47 Å². The lowest BCUT2D eigenvalue weighted by atomic mass is 9.78. The quantitative estimate of drug-likeness (QED) is 0.214. The van der Waals surface area contributed by atoms with Crippen molar-refractivity contribution in [2.75, 3.05) is 19.1 Å². The summed E-state index contributed by atoms with van der Waals surface area (Å²) < 4.78 is 13.7. The van der Waals surface area contributed by atoms with Crippen molar-refractivity contribution in [3.63, 3.8) is 0 Å². The smallest absolute Gasteiger partial charge is 0.149 e. The molecule has 0 unspecified atom stereocenters. The second-order valence-electron chi connectivity index (χ2n) is 9.00. The normalized spacial score (nSPS) is 13.5. The highest BCUT2D eigenvalue weighted by atomic mass is 127. The number of hydrogen-bond acceptors (Lipinski definition) is 6. The fourth-order valence-corrected chi connectivity index (χ4v) is 4.34. The van der Waals surface area contributed by atoms with E-state index >= 15 is 0 Å². The first-order chi connectivity index (χ1) is 16.6. The predicted octanol–water partition coefficient (Wildman–Crippen LogP) is 5.05. The molecule has 1 aromatic heterocycles. The average Bonchev–Trinajstić information content (AvgIpc) is 3.20. The molecule has 7 nitrogen and oxygen atoms in total. The topological polar surface area (TPSA) is 89.6 Å². The number of alkyl halides is 1.